The van der Waals surface area contributed by atoms with Crippen LogP contribution < -0.4 is 4.90 Å². The van der Waals surface area contributed by atoms with Gasteiger partial charge in [-0.15, -0.1) is 5.10 Å². The summed E-state index contributed by atoms with van der Waals surface area (Å²) >= 11 is 0. The first kappa shape index (κ1) is 10.9. The Balaban J connectivity index is 1.99. The van der Waals surface area contributed by atoms with E-state index in [0.717, 1.165) is 26.2 Å². The number of piperazine rings is 1. The maximum atomic E-state index is 10.5. The van der Waals surface area contributed by atoms with Crippen LogP contribution in [0.4, 0.5) is 5.95 Å². The first-order valence-electron chi connectivity index (χ1n) is 5.21. The minimum Gasteiger partial charge on any atom is -0.481 e. The van der Waals surface area contributed by atoms with Gasteiger partial charge in [-0.25, -0.2) is 0 Å². The molecule has 1 aliphatic heterocycles. The van der Waals surface area contributed by atoms with Gasteiger partial charge in [0.05, 0.1) is 0 Å². The number of carboxylic acids is 1. The molecule has 1 aliphatic rings. The number of hydrogen-bond acceptors (Lipinski definition) is 5. The fourth-order valence-electron chi connectivity index (χ4n) is 1.66. The maximum Gasteiger partial charge on any atom is 0.311 e. The van der Waals surface area contributed by atoms with Crippen molar-refractivity contribution in [2.45, 2.75) is 6.42 Å². The summed E-state index contributed by atoms with van der Waals surface area (Å²) in [6.07, 6.45) is -0.110. The molecule has 0 radical (unpaired) electrons. The summed E-state index contributed by atoms with van der Waals surface area (Å²) in [6, 6.07) is 0. The molecule has 1 fully saturated rings. The van der Waals surface area contributed by atoms with Crippen molar-refractivity contribution in [3.05, 3.63) is 5.82 Å². The lowest BCUT2D eigenvalue weighted by molar-refractivity contribution is -0.136. The molecule has 2 heterocycles. The van der Waals surface area contributed by atoms with E-state index in [1.807, 2.05) is 0 Å². The fraction of sp³-hybridized carbons (Fsp3) is 0.667. The number of aliphatic carboxylic acids is 1. The molecule has 1 saturated heterocycles. The summed E-state index contributed by atoms with van der Waals surface area (Å²) in [7, 11) is 2.07. The zero-order chi connectivity index (χ0) is 11.5. The van der Waals surface area contributed by atoms with Gasteiger partial charge in [0.2, 0.25) is 5.95 Å². The molecule has 0 aromatic carbocycles. The number of H-pyrrole nitrogens is 1. The van der Waals surface area contributed by atoms with Crippen molar-refractivity contribution in [3.63, 3.8) is 0 Å². The van der Waals surface area contributed by atoms with Crippen LogP contribution in [-0.2, 0) is 11.2 Å². The van der Waals surface area contributed by atoms with Crippen LogP contribution in [0.1, 0.15) is 5.82 Å². The highest BCUT2D eigenvalue weighted by Gasteiger charge is 2.18. The molecule has 1 aromatic heterocycles. The Hall–Kier alpha value is -1.63. The molecule has 16 heavy (non-hydrogen) atoms. The van der Waals surface area contributed by atoms with Crippen molar-refractivity contribution in [2.24, 2.45) is 0 Å². The number of likely N-dealkylation sites (N-methyl/N-ethyl adjacent to an activating group) is 1. The SMILES string of the molecule is CN1CCN(c2n[nH]c(CC(=O)O)n2)CC1. The fourth-order valence-corrected chi connectivity index (χ4v) is 1.66. The van der Waals surface area contributed by atoms with Crippen LogP contribution >= 0.6 is 0 Å². The Bertz CT molecular complexity index is 370. The quantitative estimate of drug-likeness (QED) is 0.699. The van der Waals surface area contributed by atoms with Crippen molar-refractivity contribution in [1.29, 1.82) is 0 Å². The molecule has 0 unspecified atom stereocenters. The molecule has 0 bridgehead atoms. The molecule has 0 aliphatic carbocycles. The highest BCUT2D eigenvalue weighted by atomic mass is 16.4. The Kier molecular flexibility index (Phi) is 3.04. The van der Waals surface area contributed by atoms with Crippen LogP contribution in [0.3, 0.4) is 0 Å². The second-order valence-electron chi connectivity index (χ2n) is 3.94. The average molecular weight is 225 g/mol. The lowest BCUT2D eigenvalue weighted by Crippen LogP contribution is -2.44. The Morgan fingerprint density at radius 1 is 1.44 bits per heavy atom. The van der Waals surface area contributed by atoms with E-state index in [1.165, 1.54) is 0 Å². The third-order valence-electron chi connectivity index (χ3n) is 2.62. The van der Waals surface area contributed by atoms with Crippen molar-refractivity contribution < 1.29 is 9.90 Å². The number of aromatic amines is 1. The van der Waals surface area contributed by atoms with Gasteiger partial charge in [-0.3, -0.25) is 9.89 Å². The van der Waals surface area contributed by atoms with Gasteiger partial charge in [-0.1, -0.05) is 0 Å². The smallest absolute Gasteiger partial charge is 0.311 e. The van der Waals surface area contributed by atoms with E-state index >= 15 is 0 Å². The third kappa shape index (κ3) is 2.48. The number of hydrogen-bond donors (Lipinski definition) is 2. The molecular weight excluding hydrogens is 210 g/mol. The second kappa shape index (κ2) is 4.48. The number of nitrogens with one attached hydrogen (secondary N) is 1. The topological polar surface area (TPSA) is 85.3 Å². The Morgan fingerprint density at radius 2 is 2.12 bits per heavy atom. The molecule has 7 nitrogen and oxygen atoms in total. The molecule has 2 rings (SSSR count). The van der Waals surface area contributed by atoms with Crippen LogP contribution in [0.2, 0.25) is 0 Å². The van der Waals surface area contributed by atoms with Gasteiger partial charge >= 0.3 is 5.97 Å². The maximum absolute atomic E-state index is 10.5. The van der Waals surface area contributed by atoms with Crippen molar-refractivity contribution >= 4 is 11.9 Å². The summed E-state index contributed by atoms with van der Waals surface area (Å²) in [5, 5.41) is 15.3. The van der Waals surface area contributed by atoms with Crippen LogP contribution in [0.25, 0.3) is 0 Å². The van der Waals surface area contributed by atoms with Gasteiger partial charge in [0.25, 0.3) is 0 Å². The third-order valence-corrected chi connectivity index (χ3v) is 2.62. The number of anilines is 1. The minimum absolute atomic E-state index is 0.110. The van der Waals surface area contributed by atoms with Crippen molar-refractivity contribution in [3.8, 4) is 0 Å². The van der Waals surface area contributed by atoms with E-state index in [9.17, 15) is 4.79 Å². The van der Waals surface area contributed by atoms with Gasteiger partial charge in [0.1, 0.15) is 12.2 Å². The number of carbonyl (C=O) groups is 1. The van der Waals surface area contributed by atoms with Crippen LogP contribution in [0, 0.1) is 0 Å². The van der Waals surface area contributed by atoms with E-state index in [0.29, 0.717) is 11.8 Å². The van der Waals surface area contributed by atoms with Crippen LogP contribution in [0.15, 0.2) is 0 Å². The van der Waals surface area contributed by atoms with Crippen molar-refractivity contribution in [2.75, 3.05) is 38.1 Å². The zero-order valence-corrected chi connectivity index (χ0v) is 9.18. The molecule has 0 atom stereocenters. The second-order valence-corrected chi connectivity index (χ2v) is 3.94. The summed E-state index contributed by atoms with van der Waals surface area (Å²) < 4.78 is 0. The van der Waals surface area contributed by atoms with E-state index in [2.05, 4.69) is 32.0 Å². The monoisotopic (exact) mass is 225 g/mol. The summed E-state index contributed by atoms with van der Waals surface area (Å²) in [6.45, 7) is 3.70. The Morgan fingerprint density at radius 3 is 2.75 bits per heavy atom. The van der Waals surface area contributed by atoms with Crippen LogP contribution in [-0.4, -0.2) is 64.4 Å². The van der Waals surface area contributed by atoms with E-state index < -0.39 is 5.97 Å². The van der Waals surface area contributed by atoms with E-state index in [4.69, 9.17) is 5.11 Å². The standard InChI is InChI=1S/C9H15N5O2/c1-13-2-4-14(5-3-13)9-10-7(11-12-9)6-8(15)16/h2-6H2,1H3,(H,15,16)(H,10,11,12). The highest BCUT2D eigenvalue weighted by molar-refractivity contribution is 5.69. The molecule has 7 heteroatoms. The lowest BCUT2D eigenvalue weighted by Gasteiger charge is -2.31. The molecular formula is C9H15N5O2. The Labute approximate surface area is 93.1 Å². The van der Waals surface area contributed by atoms with Crippen molar-refractivity contribution in [1.82, 2.24) is 20.1 Å². The van der Waals surface area contributed by atoms with Gasteiger partial charge in [0, 0.05) is 26.2 Å². The van der Waals surface area contributed by atoms with Gasteiger partial charge in [0.15, 0.2) is 0 Å². The number of nitrogens with zero attached hydrogens (tertiary/aromatic N) is 4. The molecule has 0 saturated carbocycles. The summed E-state index contributed by atoms with van der Waals surface area (Å²) in [5.74, 6) is 0.104. The van der Waals surface area contributed by atoms with Gasteiger partial charge in [-0.2, -0.15) is 4.98 Å². The summed E-state index contributed by atoms with van der Waals surface area (Å²) in [5.41, 5.74) is 0. The zero-order valence-electron chi connectivity index (χ0n) is 9.18. The summed E-state index contributed by atoms with van der Waals surface area (Å²) in [4.78, 5) is 18.9. The predicted octanol–water partition coefficient (Wildman–Crippen LogP) is -0.816. The largest absolute Gasteiger partial charge is 0.481 e. The van der Waals surface area contributed by atoms with E-state index in [-0.39, 0.29) is 6.42 Å². The highest BCUT2D eigenvalue weighted by Crippen LogP contribution is 2.10. The predicted molar refractivity (Wildman–Crippen MR) is 57.4 cm³/mol. The molecule has 0 spiro atoms. The molecule has 2 N–H and O–H groups in total. The first-order chi connectivity index (χ1) is 7.65. The molecule has 1 aromatic rings. The molecule has 0 amide bonds. The average Bonchev–Trinajstić information content (AvgIpc) is 2.66. The minimum atomic E-state index is -0.902. The molecule has 88 valence electrons. The normalized spacial score (nSPS) is 17.7. The van der Waals surface area contributed by atoms with E-state index in [1.54, 1.807) is 0 Å². The van der Waals surface area contributed by atoms with Crippen LogP contribution in [0.5, 0.6) is 0 Å². The number of rotatable bonds is 3. The number of aromatic nitrogens is 3. The first-order valence-corrected chi connectivity index (χ1v) is 5.21. The lowest BCUT2D eigenvalue weighted by atomic mass is 10.3. The number of carboxylic acid groups (broad SMARTS) is 1. The van der Waals surface area contributed by atoms with Gasteiger partial charge < -0.3 is 14.9 Å². The van der Waals surface area contributed by atoms with Gasteiger partial charge in [-0.05, 0) is 7.05 Å².